The Hall–Kier alpha value is -3.68. The monoisotopic (exact) mass is 367 g/mol. The number of nitro benzene ring substituents is 1. The topological polar surface area (TPSA) is 94.3 Å². The minimum Gasteiger partial charge on any atom is -0.497 e. The first kappa shape index (κ1) is 18.1. The molecule has 1 aliphatic rings. The van der Waals surface area contributed by atoms with E-state index in [2.05, 4.69) is 5.10 Å². The molecule has 2 aromatic rings. The summed E-state index contributed by atoms with van der Waals surface area (Å²) in [6.45, 7) is 2.15. The molecule has 1 aliphatic heterocycles. The fourth-order valence-corrected chi connectivity index (χ4v) is 2.52. The molecular formula is C19H17N3O5. The molecule has 0 radical (unpaired) electrons. The molecule has 0 saturated carbocycles. The van der Waals surface area contributed by atoms with Gasteiger partial charge in [0, 0.05) is 12.1 Å². The van der Waals surface area contributed by atoms with Gasteiger partial charge in [0.25, 0.3) is 11.6 Å². The number of hydrazone groups is 1. The summed E-state index contributed by atoms with van der Waals surface area (Å²) in [4.78, 5) is 23.1. The van der Waals surface area contributed by atoms with Crippen LogP contribution < -0.4 is 9.75 Å². The number of hydrogen-bond acceptors (Lipinski definition) is 6. The van der Waals surface area contributed by atoms with Gasteiger partial charge in [-0.25, -0.2) is 0 Å². The molecule has 8 heteroatoms. The molecule has 0 aliphatic carbocycles. The molecule has 0 unspecified atom stereocenters. The fraction of sp³-hybridized carbons (Fsp3) is 0.158. The number of amides is 1. The van der Waals surface area contributed by atoms with Gasteiger partial charge in [-0.05, 0) is 42.8 Å². The van der Waals surface area contributed by atoms with Crippen molar-refractivity contribution in [3.63, 3.8) is 0 Å². The van der Waals surface area contributed by atoms with Crippen LogP contribution in [0.3, 0.4) is 0 Å². The van der Waals surface area contributed by atoms with E-state index >= 15 is 0 Å². The van der Waals surface area contributed by atoms with Gasteiger partial charge in [0.2, 0.25) is 5.90 Å². The molecule has 0 N–H and O–H groups in total. The summed E-state index contributed by atoms with van der Waals surface area (Å²) in [7, 11) is 1.58. The maximum absolute atomic E-state index is 12.8. The molecular weight excluding hydrogens is 350 g/mol. The first-order chi connectivity index (χ1) is 13.0. The first-order valence-electron chi connectivity index (χ1n) is 8.20. The molecule has 2 aromatic carbocycles. The van der Waals surface area contributed by atoms with E-state index in [0.717, 1.165) is 5.56 Å². The summed E-state index contributed by atoms with van der Waals surface area (Å²) >= 11 is 0. The van der Waals surface area contributed by atoms with E-state index in [1.54, 1.807) is 32.2 Å². The molecule has 27 heavy (non-hydrogen) atoms. The van der Waals surface area contributed by atoms with Crippen LogP contribution in [0.1, 0.15) is 12.5 Å². The van der Waals surface area contributed by atoms with E-state index in [4.69, 9.17) is 9.47 Å². The number of benzene rings is 2. The van der Waals surface area contributed by atoms with Crippen molar-refractivity contribution >= 4 is 29.3 Å². The van der Waals surface area contributed by atoms with Gasteiger partial charge < -0.3 is 9.47 Å². The van der Waals surface area contributed by atoms with E-state index in [9.17, 15) is 14.9 Å². The maximum Gasteiger partial charge on any atom is 0.284 e. The summed E-state index contributed by atoms with van der Waals surface area (Å²) < 4.78 is 10.6. The Balaban J connectivity index is 1.93. The Kier molecular flexibility index (Phi) is 5.16. The first-order valence-corrected chi connectivity index (χ1v) is 8.20. The van der Waals surface area contributed by atoms with E-state index in [0.29, 0.717) is 23.6 Å². The van der Waals surface area contributed by atoms with Crippen molar-refractivity contribution in [1.82, 2.24) is 0 Å². The predicted octanol–water partition coefficient (Wildman–Crippen LogP) is 3.38. The van der Waals surface area contributed by atoms with Gasteiger partial charge >= 0.3 is 0 Å². The standard InChI is InChI=1S/C19H17N3O5/c1-3-27-18-17(12-13-4-10-16(26-2)11-5-13)19(23)21(20-18)14-6-8-15(9-7-14)22(24)25/h4-12H,3H2,1-2H3/b17-12-. The second-order valence-electron chi connectivity index (χ2n) is 5.56. The number of ether oxygens (including phenoxy) is 2. The van der Waals surface area contributed by atoms with Gasteiger partial charge in [0.05, 0.1) is 24.3 Å². The molecule has 1 heterocycles. The third kappa shape index (κ3) is 3.79. The zero-order valence-corrected chi connectivity index (χ0v) is 14.8. The summed E-state index contributed by atoms with van der Waals surface area (Å²) in [5, 5.41) is 16.2. The van der Waals surface area contributed by atoms with Crippen molar-refractivity contribution in [3.05, 3.63) is 69.8 Å². The van der Waals surface area contributed by atoms with Gasteiger partial charge in [-0.3, -0.25) is 14.9 Å². The lowest BCUT2D eigenvalue weighted by Crippen LogP contribution is -2.21. The van der Waals surface area contributed by atoms with E-state index in [1.165, 1.54) is 29.3 Å². The molecule has 0 fully saturated rings. The van der Waals surface area contributed by atoms with Gasteiger partial charge in [-0.1, -0.05) is 12.1 Å². The second-order valence-corrected chi connectivity index (χ2v) is 5.56. The van der Waals surface area contributed by atoms with Crippen LogP contribution in [0.5, 0.6) is 5.75 Å². The highest BCUT2D eigenvalue weighted by atomic mass is 16.6. The number of nitro groups is 1. The van der Waals surface area contributed by atoms with Gasteiger partial charge in [-0.15, -0.1) is 5.10 Å². The summed E-state index contributed by atoms with van der Waals surface area (Å²) in [5.41, 5.74) is 1.45. The van der Waals surface area contributed by atoms with Crippen molar-refractivity contribution in [2.75, 3.05) is 18.7 Å². The van der Waals surface area contributed by atoms with Gasteiger partial charge in [0.15, 0.2) is 0 Å². The number of carbonyl (C=O) groups is 1. The molecule has 0 atom stereocenters. The van der Waals surface area contributed by atoms with Crippen LogP contribution in [-0.4, -0.2) is 30.4 Å². The molecule has 0 bridgehead atoms. The number of non-ortho nitro benzene ring substituents is 1. The Morgan fingerprint density at radius 2 is 1.81 bits per heavy atom. The number of methoxy groups -OCH3 is 1. The average molecular weight is 367 g/mol. The second kappa shape index (κ2) is 7.69. The average Bonchev–Trinajstić information content (AvgIpc) is 2.98. The molecule has 0 saturated heterocycles. The number of carbonyl (C=O) groups excluding carboxylic acids is 1. The SMILES string of the molecule is CCOC1=NN(c2ccc([N+](=O)[O-])cc2)C(=O)/C1=C\c1ccc(OC)cc1. The summed E-state index contributed by atoms with van der Waals surface area (Å²) in [6.07, 6.45) is 1.68. The molecule has 0 spiro atoms. The third-order valence-electron chi connectivity index (χ3n) is 3.86. The normalized spacial score (nSPS) is 15.0. The predicted molar refractivity (Wildman–Crippen MR) is 101 cm³/mol. The molecule has 8 nitrogen and oxygen atoms in total. The van der Waals surface area contributed by atoms with Crippen LogP contribution in [-0.2, 0) is 9.53 Å². The molecule has 3 rings (SSSR count). The zero-order chi connectivity index (χ0) is 19.4. The quantitative estimate of drug-likeness (QED) is 0.459. The summed E-state index contributed by atoms with van der Waals surface area (Å²) in [5.74, 6) is 0.542. The van der Waals surface area contributed by atoms with Crippen LogP contribution in [0.15, 0.2) is 59.2 Å². The van der Waals surface area contributed by atoms with Gasteiger partial charge in [-0.2, -0.15) is 5.01 Å². The maximum atomic E-state index is 12.8. The van der Waals surface area contributed by atoms with Crippen molar-refractivity contribution in [1.29, 1.82) is 0 Å². The Morgan fingerprint density at radius 3 is 2.37 bits per heavy atom. The van der Waals surface area contributed by atoms with E-state index < -0.39 is 4.92 Å². The zero-order valence-electron chi connectivity index (χ0n) is 14.8. The smallest absolute Gasteiger partial charge is 0.284 e. The molecule has 0 aromatic heterocycles. The van der Waals surface area contributed by atoms with Crippen molar-refractivity contribution in [3.8, 4) is 5.75 Å². The van der Waals surface area contributed by atoms with Crippen LogP contribution in [0.25, 0.3) is 6.08 Å². The van der Waals surface area contributed by atoms with Gasteiger partial charge in [0.1, 0.15) is 11.3 Å². The van der Waals surface area contributed by atoms with E-state index in [-0.39, 0.29) is 17.5 Å². The fourth-order valence-electron chi connectivity index (χ4n) is 2.52. The lowest BCUT2D eigenvalue weighted by atomic mass is 10.1. The highest BCUT2D eigenvalue weighted by Gasteiger charge is 2.32. The Labute approximate surface area is 155 Å². The number of anilines is 1. The minimum absolute atomic E-state index is 0.0617. The summed E-state index contributed by atoms with van der Waals surface area (Å²) in [6, 6.07) is 12.8. The lowest BCUT2D eigenvalue weighted by molar-refractivity contribution is -0.384. The number of hydrogen-bond donors (Lipinski definition) is 0. The van der Waals surface area contributed by atoms with Crippen molar-refractivity contribution in [2.45, 2.75) is 6.92 Å². The lowest BCUT2D eigenvalue weighted by Gasteiger charge is -2.10. The van der Waals surface area contributed by atoms with Crippen LogP contribution in [0, 0.1) is 10.1 Å². The van der Waals surface area contributed by atoms with Crippen LogP contribution in [0.4, 0.5) is 11.4 Å². The van der Waals surface area contributed by atoms with Crippen molar-refractivity contribution < 1.29 is 19.2 Å². The highest BCUT2D eigenvalue weighted by molar-refractivity contribution is 6.30. The number of nitrogens with zero attached hydrogens (tertiary/aromatic N) is 3. The minimum atomic E-state index is -0.501. The largest absolute Gasteiger partial charge is 0.497 e. The van der Waals surface area contributed by atoms with Crippen LogP contribution >= 0.6 is 0 Å². The number of rotatable bonds is 5. The third-order valence-corrected chi connectivity index (χ3v) is 3.86. The molecule has 138 valence electrons. The Morgan fingerprint density at radius 1 is 1.15 bits per heavy atom. The highest BCUT2D eigenvalue weighted by Crippen LogP contribution is 2.27. The van der Waals surface area contributed by atoms with Crippen LogP contribution in [0.2, 0.25) is 0 Å². The van der Waals surface area contributed by atoms with Crippen molar-refractivity contribution in [2.24, 2.45) is 5.10 Å². The Bertz CT molecular complexity index is 917. The molecule has 1 amide bonds. The van der Waals surface area contributed by atoms with E-state index in [1.807, 2.05) is 12.1 Å².